The molecule has 3 nitrogen and oxygen atoms in total. The Hall–Kier alpha value is -3.04. The second kappa shape index (κ2) is 7.53. The zero-order valence-corrected chi connectivity index (χ0v) is 15.1. The summed E-state index contributed by atoms with van der Waals surface area (Å²) in [5.41, 5.74) is 1.30. The van der Waals surface area contributed by atoms with Crippen LogP contribution in [0.1, 0.15) is 17.5 Å². The van der Waals surface area contributed by atoms with E-state index in [9.17, 15) is 13.2 Å². The van der Waals surface area contributed by atoms with Crippen LogP contribution in [-0.4, -0.2) is 34.1 Å². The molecule has 0 bridgehead atoms. The number of fused-ring (bicyclic) bond motifs is 1. The van der Waals surface area contributed by atoms with Crippen LogP contribution < -0.4 is 0 Å². The van der Waals surface area contributed by atoms with Crippen LogP contribution in [0.5, 0.6) is 0 Å². The number of imidazole rings is 1. The molecule has 0 aliphatic carbocycles. The second-order valence-corrected chi connectivity index (χ2v) is 6.64. The molecular formula is C22H18F3N3. The zero-order chi connectivity index (χ0) is 19.6. The molecule has 6 heteroatoms. The lowest BCUT2D eigenvalue weighted by atomic mass is 10.1. The van der Waals surface area contributed by atoms with Crippen molar-refractivity contribution in [2.24, 2.45) is 0 Å². The minimum Gasteiger partial charge on any atom is -0.298 e. The predicted octanol–water partition coefficient (Wildman–Crippen LogP) is 4.66. The van der Waals surface area contributed by atoms with Crippen molar-refractivity contribution >= 4 is 11.0 Å². The number of alkyl halides is 3. The molecular weight excluding hydrogens is 363 g/mol. The first-order chi connectivity index (χ1) is 13.5. The highest BCUT2D eigenvalue weighted by Crippen LogP contribution is 2.33. The minimum atomic E-state index is -4.45. The lowest BCUT2D eigenvalue weighted by molar-refractivity contribution is -0.137. The molecule has 4 rings (SSSR count). The van der Waals surface area contributed by atoms with Crippen LogP contribution in [0, 0.1) is 11.8 Å². The first-order valence-corrected chi connectivity index (χ1v) is 9.02. The molecule has 2 heterocycles. The molecule has 0 saturated heterocycles. The van der Waals surface area contributed by atoms with Crippen LogP contribution in [-0.2, 0) is 6.18 Å². The fourth-order valence-electron chi connectivity index (χ4n) is 3.27. The number of para-hydroxylation sites is 1. The summed E-state index contributed by atoms with van der Waals surface area (Å²) < 4.78 is 41.8. The molecule has 142 valence electrons. The van der Waals surface area contributed by atoms with E-state index in [2.05, 4.69) is 33.9 Å². The average molecular weight is 381 g/mol. The Kier molecular flexibility index (Phi) is 4.93. The topological polar surface area (TPSA) is 21.1 Å². The molecule has 0 saturated carbocycles. The van der Waals surface area contributed by atoms with Gasteiger partial charge in [0.2, 0.25) is 0 Å². The summed E-state index contributed by atoms with van der Waals surface area (Å²) in [7, 11) is 0. The molecule has 0 unspecified atom stereocenters. The van der Waals surface area contributed by atoms with Crippen molar-refractivity contribution in [2.75, 3.05) is 19.6 Å². The lowest BCUT2D eigenvalue weighted by Gasteiger charge is -2.19. The molecule has 0 radical (unpaired) electrons. The van der Waals surface area contributed by atoms with Crippen LogP contribution >= 0.6 is 0 Å². The molecule has 2 aromatic carbocycles. The molecule has 3 aromatic rings. The molecule has 28 heavy (non-hydrogen) atoms. The average Bonchev–Trinajstić information content (AvgIpc) is 3.13. The van der Waals surface area contributed by atoms with E-state index in [1.807, 2.05) is 30.3 Å². The van der Waals surface area contributed by atoms with Crippen molar-refractivity contribution < 1.29 is 13.2 Å². The molecule has 0 N–H and O–H groups in total. The maximum Gasteiger partial charge on any atom is 0.416 e. The Morgan fingerprint density at radius 2 is 1.89 bits per heavy atom. The highest BCUT2D eigenvalue weighted by molar-refractivity contribution is 5.85. The zero-order valence-electron chi connectivity index (χ0n) is 15.1. The SMILES string of the molecule is FC(F)(F)c1cc(C#CCN2CC=CCC2)c2c(c1)ncn2-c1ccccc1. The van der Waals surface area contributed by atoms with Crippen molar-refractivity contribution in [3.8, 4) is 17.5 Å². The first kappa shape index (κ1) is 18.3. The van der Waals surface area contributed by atoms with E-state index < -0.39 is 11.7 Å². The van der Waals surface area contributed by atoms with Crippen molar-refractivity contribution in [2.45, 2.75) is 12.6 Å². The van der Waals surface area contributed by atoms with Crippen molar-refractivity contribution in [1.82, 2.24) is 14.5 Å². The van der Waals surface area contributed by atoms with Gasteiger partial charge in [-0.15, -0.1) is 0 Å². The van der Waals surface area contributed by atoms with Crippen LogP contribution in [0.25, 0.3) is 16.7 Å². The quantitative estimate of drug-likeness (QED) is 0.476. The van der Waals surface area contributed by atoms with E-state index in [0.717, 1.165) is 37.3 Å². The number of rotatable bonds is 2. The van der Waals surface area contributed by atoms with Crippen molar-refractivity contribution in [1.29, 1.82) is 0 Å². The monoisotopic (exact) mass is 381 g/mol. The summed E-state index contributed by atoms with van der Waals surface area (Å²) in [6.07, 6.45) is 2.27. The molecule has 0 atom stereocenters. The Labute approximate surface area is 161 Å². The minimum absolute atomic E-state index is 0.281. The third kappa shape index (κ3) is 3.80. The van der Waals surface area contributed by atoms with Gasteiger partial charge in [-0.25, -0.2) is 4.98 Å². The number of halogens is 3. The summed E-state index contributed by atoms with van der Waals surface area (Å²) in [5.74, 6) is 6.01. The molecule has 0 spiro atoms. The Bertz CT molecular complexity index is 1070. The van der Waals surface area contributed by atoms with E-state index in [0.29, 0.717) is 17.6 Å². The summed E-state index contributed by atoms with van der Waals surface area (Å²) in [6.45, 7) is 2.24. The van der Waals surface area contributed by atoms with Gasteiger partial charge in [-0.1, -0.05) is 42.2 Å². The molecule has 1 aliphatic rings. The van der Waals surface area contributed by atoms with E-state index >= 15 is 0 Å². The normalized spacial score (nSPS) is 14.8. The maximum atomic E-state index is 13.3. The largest absolute Gasteiger partial charge is 0.416 e. The predicted molar refractivity (Wildman–Crippen MR) is 103 cm³/mol. The summed E-state index contributed by atoms with van der Waals surface area (Å²) in [4.78, 5) is 6.36. The van der Waals surface area contributed by atoms with Crippen LogP contribution in [0.15, 0.2) is 60.9 Å². The first-order valence-electron chi connectivity index (χ1n) is 9.02. The van der Waals surface area contributed by atoms with Crippen molar-refractivity contribution in [3.63, 3.8) is 0 Å². The Morgan fingerprint density at radius 3 is 2.61 bits per heavy atom. The fourth-order valence-corrected chi connectivity index (χ4v) is 3.27. The van der Waals surface area contributed by atoms with Crippen LogP contribution in [0.4, 0.5) is 13.2 Å². The highest BCUT2D eigenvalue weighted by atomic mass is 19.4. The molecule has 0 amide bonds. The van der Waals surface area contributed by atoms with Gasteiger partial charge in [0, 0.05) is 18.8 Å². The number of benzene rings is 2. The van der Waals surface area contributed by atoms with Gasteiger partial charge in [-0.3, -0.25) is 9.47 Å². The molecule has 0 fully saturated rings. The van der Waals surface area contributed by atoms with Gasteiger partial charge in [-0.2, -0.15) is 13.2 Å². The smallest absolute Gasteiger partial charge is 0.298 e. The number of hydrogen-bond acceptors (Lipinski definition) is 2. The summed E-state index contributed by atoms with van der Waals surface area (Å²) in [5, 5.41) is 0. The van der Waals surface area contributed by atoms with E-state index in [1.54, 1.807) is 10.9 Å². The second-order valence-electron chi connectivity index (χ2n) is 6.64. The Balaban J connectivity index is 1.79. The van der Waals surface area contributed by atoms with Gasteiger partial charge in [-0.05, 0) is 30.7 Å². The fraction of sp³-hybridized carbons (Fsp3) is 0.227. The standard InChI is InChI=1S/C22H18F3N3/c23-22(24,25)18-14-17(8-7-13-27-11-5-2-6-12-27)21-20(15-18)26-16-28(21)19-9-3-1-4-10-19/h1-5,9-10,14-16H,6,11-13H2. The van der Waals surface area contributed by atoms with E-state index in [4.69, 9.17) is 0 Å². The van der Waals surface area contributed by atoms with Gasteiger partial charge >= 0.3 is 6.18 Å². The van der Waals surface area contributed by atoms with Crippen LogP contribution in [0.3, 0.4) is 0 Å². The number of aromatic nitrogens is 2. The summed E-state index contributed by atoms with van der Waals surface area (Å²) >= 11 is 0. The van der Waals surface area contributed by atoms with Crippen LogP contribution in [0.2, 0.25) is 0 Å². The third-order valence-electron chi connectivity index (χ3n) is 4.67. The van der Waals surface area contributed by atoms with Gasteiger partial charge in [0.15, 0.2) is 0 Å². The maximum absolute atomic E-state index is 13.3. The number of nitrogens with zero attached hydrogens (tertiary/aromatic N) is 3. The lowest BCUT2D eigenvalue weighted by Crippen LogP contribution is -2.27. The highest BCUT2D eigenvalue weighted by Gasteiger charge is 2.32. The van der Waals surface area contributed by atoms with E-state index in [1.165, 1.54) is 0 Å². The Morgan fingerprint density at radius 1 is 1.07 bits per heavy atom. The van der Waals surface area contributed by atoms with Gasteiger partial charge in [0.25, 0.3) is 0 Å². The van der Waals surface area contributed by atoms with Gasteiger partial charge in [0.05, 0.1) is 28.7 Å². The molecule has 1 aliphatic heterocycles. The van der Waals surface area contributed by atoms with Crippen molar-refractivity contribution in [3.05, 3.63) is 72.1 Å². The van der Waals surface area contributed by atoms with Gasteiger partial charge < -0.3 is 0 Å². The molecule has 1 aromatic heterocycles. The third-order valence-corrected chi connectivity index (χ3v) is 4.67. The van der Waals surface area contributed by atoms with E-state index in [-0.39, 0.29) is 5.52 Å². The number of hydrogen-bond donors (Lipinski definition) is 0. The summed E-state index contributed by atoms with van der Waals surface area (Å²) in [6, 6.07) is 11.6. The van der Waals surface area contributed by atoms with Gasteiger partial charge in [0.1, 0.15) is 6.33 Å².